The molecule has 2 aromatic rings. The van der Waals surface area contributed by atoms with Crippen LogP contribution in [0.2, 0.25) is 5.02 Å². The molecule has 1 heterocycles. The number of nitrogens with two attached hydrogens (primary N) is 1. The Kier molecular flexibility index (Phi) is 6.65. The summed E-state index contributed by atoms with van der Waals surface area (Å²) in [5.41, 5.74) is 4.63. The van der Waals surface area contributed by atoms with Gasteiger partial charge in [0.05, 0.1) is 22.9 Å². The van der Waals surface area contributed by atoms with Gasteiger partial charge in [0.2, 0.25) is 0 Å². The number of ether oxygens (including phenoxy) is 1. The third-order valence-electron chi connectivity index (χ3n) is 4.90. The molecule has 0 saturated carbocycles. The molecule has 0 spiro atoms. The lowest BCUT2D eigenvalue weighted by Gasteiger charge is -2.36. The van der Waals surface area contributed by atoms with Gasteiger partial charge in [0.25, 0.3) is 5.91 Å². The first-order chi connectivity index (χ1) is 14.2. The molecule has 2 aromatic carbocycles. The zero-order chi connectivity index (χ0) is 21.9. The molecule has 162 valence electrons. The number of rotatable bonds is 5. The van der Waals surface area contributed by atoms with Gasteiger partial charge in [-0.15, -0.1) is 0 Å². The first-order valence-corrected chi connectivity index (χ1v) is 10.0. The Morgan fingerprint density at radius 2 is 1.87 bits per heavy atom. The number of benzene rings is 2. The molecular weight excluding hydrogens is 419 g/mol. The Morgan fingerprint density at radius 1 is 1.17 bits per heavy atom. The summed E-state index contributed by atoms with van der Waals surface area (Å²) < 4.78 is 45.2. The average molecular weight is 442 g/mol. The van der Waals surface area contributed by atoms with Gasteiger partial charge >= 0.3 is 6.18 Å². The summed E-state index contributed by atoms with van der Waals surface area (Å²) in [4.78, 5) is 16.4. The van der Waals surface area contributed by atoms with Crippen molar-refractivity contribution in [3.8, 4) is 5.75 Å². The van der Waals surface area contributed by atoms with Crippen LogP contribution in [0.15, 0.2) is 36.4 Å². The second-order valence-electron chi connectivity index (χ2n) is 7.04. The summed E-state index contributed by atoms with van der Waals surface area (Å²) in [6.07, 6.45) is -3.77. The second kappa shape index (κ2) is 9.04. The van der Waals surface area contributed by atoms with Crippen molar-refractivity contribution in [1.82, 2.24) is 4.90 Å². The molecule has 0 radical (unpaired) electrons. The molecule has 0 aromatic heterocycles. The molecule has 0 aliphatic carbocycles. The normalized spacial score (nSPS) is 14.7. The van der Waals surface area contributed by atoms with Gasteiger partial charge in [-0.25, -0.2) is 0 Å². The van der Waals surface area contributed by atoms with Gasteiger partial charge in [0, 0.05) is 43.5 Å². The lowest BCUT2D eigenvalue weighted by molar-refractivity contribution is -0.136. The number of nitrogen functional groups attached to an aromatic ring is 1. The number of amides is 1. The standard InChI is InChI=1S/C21H23ClF3N3O2/c1-2-10-30-16-5-3-4-15(13-16)27-6-8-28(9-7-27)20(29)14-11-17(21(23,24)25)19(26)18(22)12-14/h3-5,11-13H,2,6-10,26H2,1H3. The molecule has 5 nitrogen and oxygen atoms in total. The van der Waals surface area contributed by atoms with E-state index in [0.29, 0.717) is 32.8 Å². The molecule has 1 aliphatic rings. The molecular formula is C21H23ClF3N3O2. The van der Waals surface area contributed by atoms with Gasteiger partial charge in [-0.3, -0.25) is 4.79 Å². The van der Waals surface area contributed by atoms with E-state index in [4.69, 9.17) is 22.1 Å². The predicted molar refractivity (Wildman–Crippen MR) is 111 cm³/mol. The molecule has 0 unspecified atom stereocenters. The molecule has 0 bridgehead atoms. The second-order valence-corrected chi connectivity index (χ2v) is 7.45. The van der Waals surface area contributed by atoms with Crippen molar-refractivity contribution in [2.45, 2.75) is 19.5 Å². The minimum Gasteiger partial charge on any atom is -0.494 e. The van der Waals surface area contributed by atoms with Crippen molar-refractivity contribution in [2.24, 2.45) is 0 Å². The maximum Gasteiger partial charge on any atom is 0.418 e. The van der Waals surface area contributed by atoms with Crippen LogP contribution in [0.4, 0.5) is 24.5 Å². The Balaban J connectivity index is 1.70. The fourth-order valence-corrected chi connectivity index (χ4v) is 3.54. The highest BCUT2D eigenvalue weighted by Crippen LogP contribution is 2.38. The number of hydrogen-bond donors (Lipinski definition) is 1. The predicted octanol–water partition coefficient (Wildman–Crippen LogP) is 4.69. The third kappa shape index (κ3) is 4.92. The van der Waals surface area contributed by atoms with E-state index in [0.717, 1.165) is 23.9 Å². The molecule has 3 rings (SSSR count). The molecule has 1 amide bonds. The van der Waals surface area contributed by atoms with Gasteiger partial charge in [-0.1, -0.05) is 24.6 Å². The maximum atomic E-state index is 13.2. The van der Waals surface area contributed by atoms with Crippen LogP contribution in [-0.2, 0) is 6.18 Å². The van der Waals surface area contributed by atoms with Crippen molar-refractivity contribution < 1.29 is 22.7 Å². The smallest absolute Gasteiger partial charge is 0.418 e. The number of carbonyl (C=O) groups excluding carboxylic acids is 1. The van der Waals surface area contributed by atoms with E-state index in [1.165, 1.54) is 11.0 Å². The highest BCUT2D eigenvalue weighted by Gasteiger charge is 2.35. The topological polar surface area (TPSA) is 58.8 Å². The summed E-state index contributed by atoms with van der Waals surface area (Å²) in [5.74, 6) is 0.283. The van der Waals surface area contributed by atoms with E-state index in [9.17, 15) is 18.0 Å². The van der Waals surface area contributed by atoms with Crippen molar-refractivity contribution in [3.05, 3.63) is 52.5 Å². The summed E-state index contributed by atoms with van der Waals surface area (Å²) in [6, 6.07) is 9.67. The summed E-state index contributed by atoms with van der Waals surface area (Å²) in [6.45, 7) is 4.53. The van der Waals surface area contributed by atoms with Crippen LogP contribution in [0.3, 0.4) is 0 Å². The van der Waals surface area contributed by atoms with Crippen molar-refractivity contribution >= 4 is 28.9 Å². The summed E-state index contributed by atoms with van der Waals surface area (Å²) >= 11 is 5.85. The van der Waals surface area contributed by atoms with E-state index in [-0.39, 0.29) is 10.6 Å². The highest BCUT2D eigenvalue weighted by molar-refractivity contribution is 6.33. The van der Waals surface area contributed by atoms with Gasteiger partial charge in [-0.2, -0.15) is 13.2 Å². The fraction of sp³-hybridized carbons (Fsp3) is 0.381. The minimum atomic E-state index is -4.69. The highest BCUT2D eigenvalue weighted by atomic mass is 35.5. The van der Waals surface area contributed by atoms with Gasteiger partial charge in [0.1, 0.15) is 5.75 Å². The van der Waals surface area contributed by atoms with Crippen LogP contribution in [0.25, 0.3) is 0 Å². The van der Waals surface area contributed by atoms with Crippen LogP contribution in [-0.4, -0.2) is 43.6 Å². The zero-order valence-electron chi connectivity index (χ0n) is 16.5. The SMILES string of the molecule is CCCOc1cccc(N2CCN(C(=O)c3cc(Cl)c(N)c(C(F)(F)F)c3)CC2)c1. The number of anilines is 2. The average Bonchev–Trinajstić information content (AvgIpc) is 2.73. The van der Waals surface area contributed by atoms with Crippen LogP contribution in [0.1, 0.15) is 29.3 Å². The van der Waals surface area contributed by atoms with Crippen molar-refractivity contribution in [1.29, 1.82) is 0 Å². The van der Waals surface area contributed by atoms with Crippen LogP contribution in [0, 0.1) is 0 Å². The number of nitrogens with zero attached hydrogens (tertiary/aromatic N) is 2. The van der Waals surface area contributed by atoms with Gasteiger partial charge < -0.3 is 20.3 Å². The molecule has 1 fully saturated rings. The van der Waals surface area contributed by atoms with Crippen molar-refractivity contribution in [2.75, 3.05) is 43.4 Å². The molecule has 1 aliphatic heterocycles. The van der Waals surface area contributed by atoms with Gasteiger partial charge in [0.15, 0.2) is 0 Å². The molecule has 30 heavy (non-hydrogen) atoms. The van der Waals surface area contributed by atoms with E-state index >= 15 is 0 Å². The molecule has 2 N–H and O–H groups in total. The number of carbonyl (C=O) groups is 1. The Morgan fingerprint density at radius 3 is 2.50 bits per heavy atom. The van der Waals surface area contributed by atoms with Gasteiger partial charge in [-0.05, 0) is 30.7 Å². The van der Waals surface area contributed by atoms with Crippen LogP contribution >= 0.6 is 11.6 Å². The fourth-order valence-electron chi connectivity index (χ4n) is 3.32. The maximum absolute atomic E-state index is 13.2. The zero-order valence-corrected chi connectivity index (χ0v) is 17.3. The lowest BCUT2D eigenvalue weighted by Crippen LogP contribution is -2.48. The van der Waals surface area contributed by atoms with E-state index in [1.807, 2.05) is 31.2 Å². The largest absolute Gasteiger partial charge is 0.494 e. The quantitative estimate of drug-likeness (QED) is 0.684. The van der Waals surface area contributed by atoms with E-state index in [2.05, 4.69) is 4.90 Å². The van der Waals surface area contributed by atoms with Crippen molar-refractivity contribution in [3.63, 3.8) is 0 Å². The monoisotopic (exact) mass is 441 g/mol. The van der Waals surface area contributed by atoms with E-state index < -0.39 is 23.3 Å². The summed E-state index contributed by atoms with van der Waals surface area (Å²) in [5, 5.41) is -0.282. The lowest BCUT2D eigenvalue weighted by atomic mass is 10.1. The number of halogens is 4. The molecule has 1 saturated heterocycles. The van der Waals surface area contributed by atoms with Crippen LogP contribution in [0.5, 0.6) is 5.75 Å². The number of piperazine rings is 1. The first kappa shape index (κ1) is 22.1. The van der Waals surface area contributed by atoms with E-state index in [1.54, 1.807) is 0 Å². The number of alkyl halides is 3. The Hall–Kier alpha value is -2.61. The minimum absolute atomic E-state index is 0.120. The third-order valence-corrected chi connectivity index (χ3v) is 5.22. The van der Waals surface area contributed by atoms with Crippen LogP contribution < -0.4 is 15.4 Å². The number of hydrogen-bond acceptors (Lipinski definition) is 4. The Bertz CT molecular complexity index is 913. The molecule has 0 atom stereocenters. The molecule has 9 heteroatoms. The Labute approximate surface area is 178 Å². The first-order valence-electron chi connectivity index (χ1n) is 9.64. The summed E-state index contributed by atoms with van der Waals surface area (Å²) in [7, 11) is 0.